The van der Waals surface area contributed by atoms with E-state index in [1.165, 1.54) is 18.1 Å². The number of anilines is 1. The summed E-state index contributed by atoms with van der Waals surface area (Å²) in [6.45, 7) is 0. The van der Waals surface area contributed by atoms with Crippen LogP contribution in [-0.2, 0) is 16.0 Å². The summed E-state index contributed by atoms with van der Waals surface area (Å²) in [5.74, 6) is -0.765. The fourth-order valence-electron chi connectivity index (χ4n) is 2.73. The van der Waals surface area contributed by atoms with Gasteiger partial charge in [-0.15, -0.1) is 0 Å². The monoisotopic (exact) mass is 349 g/mol. The molecule has 1 unspecified atom stereocenters. The van der Waals surface area contributed by atoms with Crippen molar-refractivity contribution < 1.29 is 14.3 Å². The van der Waals surface area contributed by atoms with Gasteiger partial charge in [-0.05, 0) is 29.8 Å². The lowest BCUT2D eigenvalue weighted by molar-refractivity contribution is -0.141. The first-order valence-corrected chi connectivity index (χ1v) is 7.73. The predicted octanol–water partition coefficient (Wildman–Crippen LogP) is 3.74. The van der Waals surface area contributed by atoms with Crippen molar-refractivity contribution >= 4 is 40.8 Å². The molecule has 1 heterocycles. The molecule has 3 rings (SSSR count). The molecule has 2 aromatic carbocycles. The summed E-state index contributed by atoms with van der Waals surface area (Å²) in [7, 11) is 1.31. The van der Waals surface area contributed by atoms with Crippen LogP contribution in [0.25, 0.3) is 0 Å². The van der Waals surface area contributed by atoms with Crippen molar-refractivity contribution in [3.8, 4) is 0 Å². The van der Waals surface area contributed by atoms with Crippen molar-refractivity contribution in [1.29, 1.82) is 0 Å². The van der Waals surface area contributed by atoms with Crippen LogP contribution >= 0.6 is 23.2 Å². The van der Waals surface area contributed by atoms with E-state index in [1.807, 2.05) is 24.3 Å². The standard InChI is InChI=1S/C17H13Cl2NO3/c1-23-17(22)15-9-10-4-2-3-5-14(10)20(15)16(21)11-6-7-12(18)13(19)8-11/h2-8,15H,9H2,1H3. The number of ether oxygens (including phenoxy) is 1. The fraction of sp³-hybridized carbons (Fsp3) is 0.176. The minimum absolute atomic E-state index is 0.291. The van der Waals surface area contributed by atoms with E-state index >= 15 is 0 Å². The normalized spacial score (nSPS) is 16.1. The summed E-state index contributed by atoms with van der Waals surface area (Å²) in [6.07, 6.45) is 0.426. The molecule has 1 atom stereocenters. The fourth-order valence-corrected chi connectivity index (χ4v) is 3.03. The lowest BCUT2D eigenvalue weighted by Gasteiger charge is -2.24. The maximum atomic E-state index is 12.9. The molecular formula is C17H13Cl2NO3. The molecule has 4 nitrogen and oxygen atoms in total. The second-order valence-electron chi connectivity index (χ2n) is 5.18. The molecule has 0 aliphatic carbocycles. The Morgan fingerprint density at radius 1 is 1.13 bits per heavy atom. The van der Waals surface area contributed by atoms with Crippen LogP contribution in [0.2, 0.25) is 10.0 Å². The quantitative estimate of drug-likeness (QED) is 0.776. The zero-order valence-electron chi connectivity index (χ0n) is 12.3. The van der Waals surface area contributed by atoms with Gasteiger partial charge in [0, 0.05) is 17.7 Å². The summed E-state index contributed by atoms with van der Waals surface area (Å²) < 4.78 is 4.84. The Hall–Kier alpha value is -2.04. The van der Waals surface area contributed by atoms with Crippen LogP contribution in [0.1, 0.15) is 15.9 Å². The maximum absolute atomic E-state index is 12.9. The first-order chi connectivity index (χ1) is 11.0. The lowest BCUT2D eigenvalue weighted by Crippen LogP contribution is -2.43. The maximum Gasteiger partial charge on any atom is 0.329 e. The Bertz CT molecular complexity index is 791. The van der Waals surface area contributed by atoms with Crippen LogP contribution < -0.4 is 4.90 Å². The number of methoxy groups -OCH3 is 1. The van der Waals surface area contributed by atoms with E-state index in [0.717, 1.165) is 5.56 Å². The Kier molecular flexibility index (Phi) is 4.28. The zero-order valence-corrected chi connectivity index (χ0v) is 13.8. The summed E-state index contributed by atoms with van der Waals surface area (Å²) in [5.41, 5.74) is 2.00. The molecule has 0 aromatic heterocycles. The number of hydrogen-bond acceptors (Lipinski definition) is 3. The third-order valence-corrected chi connectivity index (χ3v) is 4.57. The molecular weight excluding hydrogens is 337 g/mol. The highest BCUT2D eigenvalue weighted by atomic mass is 35.5. The van der Waals surface area contributed by atoms with Gasteiger partial charge in [-0.2, -0.15) is 0 Å². The van der Waals surface area contributed by atoms with E-state index in [-0.39, 0.29) is 5.91 Å². The molecule has 23 heavy (non-hydrogen) atoms. The van der Waals surface area contributed by atoms with Gasteiger partial charge in [0.15, 0.2) is 0 Å². The average molecular weight is 350 g/mol. The van der Waals surface area contributed by atoms with E-state index < -0.39 is 12.0 Å². The molecule has 6 heteroatoms. The Morgan fingerprint density at radius 3 is 2.57 bits per heavy atom. The molecule has 0 saturated heterocycles. The number of rotatable bonds is 2. The zero-order chi connectivity index (χ0) is 16.6. The van der Waals surface area contributed by atoms with E-state index in [9.17, 15) is 9.59 Å². The third kappa shape index (κ3) is 2.80. The molecule has 0 spiro atoms. The van der Waals surface area contributed by atoms with Crippen LogP contribution in [0.15, 0.2) is 42.5 Å². The van der Waals surface area contributed by atoms with Gasteiger partial charge in [-0.25, -0.2) is 4.79 Å². The minimum atomic E-state index is -0.681. The van der Waals surface area contributed by atoms with E-state index in [4.69, 9.17) is 27.9 Å². The van der Waals surface area contributed by atoms with Crippen molar-refractivity contribution in [1.82, 2.24) is 0 Å². The van der Waals surface area contributed by atoms with Crippen LogP contribution in [0.3, 0.4) is 0 Å². The average Bonchev–Trinajstić information content (AvgIpc) is 2.95. The lowest BCUT2D eigenvalue weighted by atomic mass is 10.1. The first kappa shape index (κ1) is 15.8. The summed E-state index contributed by atoms with van der Waals surface area (Å²) in [6, 6.07) is 11.4. The van der Waals surface area contributed by atoms with Gasteiger partial charge in [-0.1, -0.05) is 41.4 Å². The second-order valence-corrected chi connectivity index (χ2v) is 5.99. The van der Waals surface area contributed by atoms with Crippen molar-refractivity contribution in [2.75, 3.05) is 12.0 Å². The minimum Gasteiger partial charge on any atom is -0.467 e. The molecule has 0 radical (unpaired) electrons. The van der Waals surface area contributed by atoms with Gasteiger partial charge in [-0.3, -0.25) is 9.69 Å². The summed E-state index contributed by atoms with van der Waals surface area (Å²) in [5, 5.41) is 0.661. The number of nitrogens with zero attached hydrogens (tertiary/aromatic N) is 1. The van der Waals surface area contributed by atoms with Gasteiger partial charge < -0.3 is 4.74 Å². The van der Waals surface area contributed by atoms with E-state index in [2.05, 4.69) is 0 Å². The van der Waals surface area contributed by atoms with Gasteiger partial charge in [0.05, 0.1) is 17.2 Å². The molecule has 1 aliphatic rings. The van der Waals surface area contributed by atoms with Gasteiger partial charge >= 0.3 is 5.97 Å². The molecule has 0 bridgehead atoms. The van der Waals surface area contributed by atoms with Crippen LogP contribution in [-0.4, -0.2) is 25.0 Å². The van der Waals surface area contributed by atoms with Crippen molar-refractivity contribution in [3.63, 3.8) is 0 Å². The SMILES string of the molecule is COC(=O)C1Cc2ccccc2N1C(=O)c1ccc(Cl)c(Cl)c1. The largest absolute Gasteiger partial charge is 0.467 e. The van der Waals surface area contributed by atoms with Gasteiger partial charge in [0.25, 0.3) is 5.91 Å². The highest BCUT2D eigenvalue weighted by Crippen LogP contribution is 2.34. The Morgan fingerprint density at radius 2 is 1.87 bits per heavy atom. The number of fused-ring (bicyclic) bond motifs is 1. The summed E-state index contributed by atoms with van der Waals surface area (Å²) >= 11 is 11.9. The highest BCUT2D eigenvalue weighted by Gasteiger charge is 2.39. The number of carbonyl (C=O) groups excluding carboxylic acids is 2. The smallest absolute Gasteiger partial charge is 0.329 e. The molecule has 1 amide bonds. The van der Waals surface area contributed by atoms with Crippen molar-refractivity contribution in [2.24, 2.45) is 0 Å². The van der Waals surface area contributed by atoms with Crippen LogP contribution in [0, 0.1) is 0 Å². The highest BCUT2D eigenvalue weighted by molar-refractivity contribution is 6.42. The first-order valence-electron chi connectivity index (χ1n) is 6.97. The number of esters is 1. The third-order valence-electron chi connectivity index (χ3n) is 3.83. The van der Waals surface area contributed by atoms with Gasteiger partial charge in [0.1, 0.15) is 6.04 Å². The number of halogens is 2. The molecule has 2 aromatic rings. The Balaban J connectivity index is 2.04. The molecule has 0 saturated carbocycles. The van der Waals surface area contributed by atoms with Crippen LogP contribution in [0.5, 0.6) is 0 Å². The number of amides is 1. The molecule has 1 aliphatic heterocycles. The number of hydrogen-bond donors (Lipinski definition) is 0. The Labute approximate surface area is 143 Å². The van der Waals surface area contributed by atoms with Crippen molar-refractivity contribution in [3.05, 3.63) is 63.6 Å². The second kappa shape index (κ2) is 6.22. The van der Waals surface area contributed by atoms with Crippen molar-refractivity contribution in [2.45, 2.75) is 12.5 Å². The predicted molar refractivity (Wildman–Crippen MR) is 89.2 cm³/mol. The molecule has 118 valence electrons. The topological polar surface area (TPSA) is 46.6 Å². The summed E-state index contributed by atoms with van der Waals surface area (Å²) in [4.78, 5) is 26.5. The van der Waals surface area contributed by atoms with E-state index in [0.29, 0.717) is 27.7 Å². The number of para-hydroxylation sites is 1. The molecule has 0 fully saturated rings. The number of benzene rings is 2. The van der Waals surface area contributed by atoms with Crippen LogP contribution in [0.4, 0.5) is 5.69 Å². The number of carbonyl (C=O) groups is 2. The van der Waals surface area contributed by atoms with E-state index in [1.54, 1.807) is 12.1 Å². The van der Waals surface area contributed by atoms with Gasteiger partial charge in [0.2, 0.25) is 0 Å². The molecule has 0 N–H and O–H groups in total.